The minimum absolute atomic E-state index is 0.171. The number of hydrogen-bond donors (Lipinski definition) is 0. The first kappa shape index (κ1) is 12.3. The Morgan fingerprint density at radius 3 is 2.11 bits per heavy atom. The number of aromatic nitrogens is 1. The summed E-state index contributed by atoms with van der Waals surface area (Å²) in [7, 11) is 0. The third kappa shape index (κ3) is 3.38. The van der Waals surface area contributed by atoms with Crippen LogP contribution in [0.5, 0.6) is 0 Å². The maximum atomic E-state index is 12.9. The van der Waals surface area contributed by atoms with Crippen molar-refractivity contribution >= 4 is 0 Å². The molecule has 0 amide bonds. The zero-order valence-corrected chi connectivity index (χ0v) is 10.8. The van der Waals surface area contributed by atoms with Crippen LogP contribution in [0.2, 0.25) is 0 Å². The second-order valence-electron chi connectivity index (χ2n) is 5.12. The first-order chi connectivity index (χ1) is 9.31. The molecule has 1 aliphatic rings. The average molecular weight is 256 g/mol. The minimum Gasteiger partial charge on any atom is -0.292 e. The zero-order valence-electron chi connectivity index (χ0n) is 10.8. The molecule has 0 unspecified atom stereocenters. The van der Waals surface area contributed by atoms with Gasteiger partial charge in [0.2, 0.25) is 0 Å². The van der Waals surface area contributed by atoms with E-state index in [1.807, 2.05) is 24.5 Å². The molecule has 0 atom stereocenters. The molecule has 1 heterocycles. The standard InChI is InChI=1S/C16H17FN2/c17-15-3-1-13(2-4-15)11-19(16-5-6-16)12-14-7-9-18-10-8-14/h1-4,7-10,16H,5-6,11-12H2. The largest absolute Gasteiger partial charge is 0.292 e. The predicted molar refractivity (Wildman–Crippen MR) is 72.9 cm³/mol. The van der Waals surface area contributed by atoms with Crippen LogP contribution in [0, 0.1) is 5.82 Å². The van der Waals surface area contributed by atoms with Gasteiger partial charge < -0.3 is 0 Å². The number of benzene rings is 1. The van der Waals surface area contributed by atoms with Crippen LogP contribution in [0.3, 0.4) is 0 Å². The van der Waals surface area contributed by atoms with Gasteiger partial charge in [-0.3, -0.25) is 9.88 Å². The molecule has 2 nitrogen and oxygen atoms in total. The van der Waals surface area contributed by atoms with E-state index in [-0.39, 0.29) is 5.82 Å². The Balaban J connectivity index is 1.69. The second-order valence-corrected chi connectivity index (χ2v) is 5.12. The van der Waals surface area contributed by atoms with E-state index in [1.54, 1.807) is 0 Å². The van der Waals surface area contributed by atoms with Gasteiger partial charge in [-0.05, 0) is 48.2 Å². The van der Waals surface area contributed by atoms with Crippen molar-refractivity contribution in [3.63, 3.8) is 0 Å². The Hall–Kier alpha value is -1.74. The van der Waals surface area contributed by atoms with Crippen molar-refractivity contribution in [1.29, 1.82) is 0 Å². The molecule has 3 heteroatoms. The van der Waals surface area contributed by atoms with Crippen molar-refractivity contribution < 1.29 is 4.39 Å². The first-order valence-electron chi connectivity index (χ1n) is 6.69. The molecule has 0 bridgehead atoms. The van der Waals surface area contributed by atoms with E-state index in [0.29, 0.717) is 6.04 Å². The van der Waals surface area contributed by atoms with Gasteiger partial charge in [0.15, 0.2) is 0 Å². The van der Waals surface area contributed by atoms with Crippen LogP contribution in [-0.2, 0) is 13.1 Å². The normalized spacial score (nSPS) is 14.8. The minimum atomic E-state index is -0.171. The van der Waals surface area contributed by atoms with Crippen molar-refractivity contribution in [1.82, 2.24) is 9.88 Å². The quantitative estimate of drug-likeness (QED) is 0.815. The van der Waals surface area contributed by atoms with Crippen molar-refractivity contribution in [2.24, 2.45) is 0 Å². The van der Waals surface area contributed by atoms with E-state index in [0.717, 1.165) is 13.1 Å². The third-order valence-corrected chi connectivity index (χ3v) is 3.50. The highest BCUT2D eigenvalue weighted by Gasteiger charge is 2.28. The highest BCUT2D eigenvalue weighted by molar-refractivity contribution is 5.17. The molecule has 3 rings (SSSR count). The molecule has 0 N–H and O–H groups in total. The highest BCUT2D eigenvalue weighted by Crippen LogP contribution is 2.29. The van der Waals surface area contributed by atoms with Crippen molar-refractivity contribution in [2.75, 3.05) is 0 Å². The number of hydrogen-bond acceptors (Lipinski definition) is 2. The molecular formula is C16H17FN2. The van der Waals surface area contributed by atoms with Gasteiger partial charge in [0.1, 0.15) is 5.82 Å². The molecular weight excluding hydrogens is 239 g/mol. The summed E-state index contributed by atoms with van der Waals surface area (Å²) in [5, 5.41) is 0. The lowest BCUT2D eigenvalue weighted by atomic mass is 10.2. The lowest BCUT2D eigenvalue weighted by molar-refractivity contribution is 0.245. The monoisotopic (exact) mass is 256 g/mol. The molecule has 1 fully saturated rings. The topological polar surface area (TPSA) is 16.1 Å². The SMILES string of the molecule is Fc1ccc(CN(Cc2ccncc2)C2CC2)cc1. The Morgan fingerprint density at radius 2 is 1.53 bits per heavy atom. The van der Waals surface area contributed by atoms with Gasteiger partial charge in [-0.25, -0.2) is 4.39 Å². The van der Waals surface area contributed by atoms with E-state index in [2.05, 4.69) is 22.0 Å². The average Bonchev–Trinajstić information content (AvgIpc) is 3.26. The first-order valence-corrected chi connectivity index (χ1v) is 6.69. The van der Waals surface area contributed by atoms with Gasteiger partial charge >= 0.3 is 0 Å². The van der Waals surface area contributed by atoms with Crippen LogP contribution in [-0.4, -0.2) is 15.9 Å². The Labute approximate surface area is 112 Å². The van der Waals surface area contributed by atoms with Crippen molar-refractivity contribution in [3.8, 4) is 0 Å². The summed E-state index contributed by atoms with van der Waals surface area (Å²) < 4.78 is 12.9. The van der Waals surface area contributed by atoms with E-state index in [4.69, 9.17) is 0 Å². The molecule has 0 radical (unpaired) electrons. The smallest absolute Gasteiger partial charge is 0.123 e. The number of halogens is 1. The van der Waals surface area contributed by atoms with Crippen LogP contribution < -0.4 is 0 Å². The summed E-state index contributed by atoms with van der Waals surface area (Å²) in [5.41, 5.74) is 2.45. The van der Waals surface area contributed by atoms with Gasteiger partial charge in [0, 0.05) is 31.5 Å². The third-order valence-electron chi connectivity index (χ3n) is 3.50. The fraction of sp³-hybridized carbons (Fsp3) is 0.312. The summed E-state index contributed by atoms with van der Waals surface area (Å²) in [6.45, 7) is 1.82. The number of rotatable bonds is 5. The van der Waals surface area contributed by atoms with Crippen molar-refractivity contribution in [2.45, 2.75) is 32.0 Å². The van der Waals surface area contributed by atoms with Gasteiger partial charge in [-0.1, -0.05) is 12.1 Å². The zero-order chi connectivity index (χ0) is 13.1. The van der Waals surface area contributed by atoms with Gasteiger partial charge in [0.25, 0.3) is 0 Å². The lowest BCUT2D eigenvalue weighted by Crippen LogP contribution is -2.25. The number of nitrogens with zero attached hydrogens (tertiary/aromatic N) is 2. The lowest BCUT2D eigenvalue weighted by Gasteiger charge is -2.22. The Bertz CT molecular complexity index is 520. The van der Waals surface area contributed by atoms with E-state index in [9.17, 15) is 4.39 Å². The van der Waals surface area contributed by atoms with Crippen LogP contribution >= 0.6 is 0 Å². The number of pyridine rings is 1. The van der Waals surface area contributed by atoms with E-state index in [1.165, 1.54) is 36.1 Å². The molecule has 19 heavy (non-hydrogen) atoms. The summed E-state index contributed by atoms with van der Waals surface area (Å²) >= 11 is 0. The molecule has 0 aliphatic heterocycles. The molecule has 1 aromatic carbocycles. The van der Waals surface area contributed by atoms with Crippen LogP contribution in [0.15, 0.2) is 48.8 Å². The molecule has 2 aromatic rings. The molecule has 98 valence electrons. The van der Waals surface area contributed by atoms with Gasteiger partial charge in [0.05, 0.1) is 0 Å². The van der Waals surface area contributed by atoms with Gasteiger partial charge in [-0.2, -0.15) is 0 Å². The Morgan fingerprint density at radius 1 is 0.947 bits per heavy atom. The van der Waals surface area contributed by atoms with Crippen LogP contribution in [0.1, 0.15) is 24.0 Å². The van der Waals surface area contributed by atoms with Crippen molar-refractivity contribution in [3.05, 3.63) is 65.7 Å². The summed E-state index contributed by atoms with van der Waals surface area (Å²) in [6.07, 6.45) is 6.20. The molecule has 0 spiro atoms. The second kappa shape index (κ2) is 5.49. The van der Waals surface area contributed by atoms with E-state index < -0.39 is 0 Å². The van der Waals surface area contributed by atoms with E-state index >= 15 is 0 Å². The Kier molecular flexibility index (Phi) is 3.56. The maximum absolute atomic E-state index is 12.9. The maximum Gasteiger partial charge on any atom is 0.123 e. The van der Waals surface area contributed by atoms with Gasteiger partial charge in [-0.15, -0.1) is 0 Å². The summed E-state index contributed by atoms with van der Waals surface area (Å²) in [4.78, 5) is 6.51. The van der Waals surface area contributed by atoms with Crippen LogP contribution in [0.25, 0.3) is 0 Å². The van der Waals surface area contributed by atoms with Crippen LogP contribution in [0.4, 0.5) is 4.39 Å². The highest BCUT2D eigenvalue weighted by atomic mass is 19.1. The fourth-order valence-corrected chi connectivity index (χ4v) is 2.30. The summed E-state index contributed by atoms with van der Waals surface area (Å²) in [6, 6.07) is 11.6. The molecule has 1 aliphatic carbocycles. The fourth-order valence-electron chi connectivity index (χ4n) is 2.30. The molecule has 1 saturated carbocycles. The predicted octanol–water partition coefficient (Wildman–Crippen LogP) is 3.39. The molecule has 1 aromatic heterocycles. The molecule has 0 saturated heterocycles. The summed E-state index contributed by atoms with van der Waals surface area (Å²) in [5.74, 6) is -0.171.